The van der Waals surface area contributed by atoms with Gasteiger partial charge in [-0.15, -0.1) is 0 Å². The zero-order valence-corrected chi connectivity index (χ0v) is 13.9. The monoisotopic (exact) mass is 326 g/mol. The van der Waals surface area contributed by atoms with Crippen LogP contribution in [0.5, 0.6) is 0 Å². The molecule has 1 amide bonds. The molecule has 118 valence electrons. The lowest BCUT2D eigenvalue weighted by Gasteiger charge is -2.02. The molecular weight excluding hydrogens is 308 g/mol. The topological polar surface area (TPSA) is 67.2 Å². The Kier molecular flexibility index (Phi) is 6.50. The number of hydrogen-bond acceptors (Lipinski definition) is 5. The van der Waals surface area contributed by atoms with Gasteiger partial charge in [-0.2, -0.15) is 5.10 Å². The second kappa shape index (κ2) is 8.85. The Hall–Kier alpha value is -2.47. The van der Waals surface area contributed by atoms with E-state index in [-0.39, 0.29) is 11.7 Å². The third kappa shape index (κ3) is 6.44. The first-order valence-electron chi connectivity index (χ1n) is 7.12. The lowest BCUT2D eigenvalue weighted by Crippen LogP contribution is -2.19. The molecule has 0 atom stereocenters. The number of nitrogens with zero attached hydrogens (tertiary/aromatic N) is 3. The van der Waals surface area contributed by atoms with E-state index in [4.69, 9.17) is 0 Å². The molecule has 1 aromatic carbocycles. The number of aryl methyl sites for hydroxylation is 2. The molecule has 1 N–H and O–H groups in total. The molecule has 0 aliphatic carbocycles. The van der Waals surface area contributed by atoms with Gasteiger partial charge in [0, 0.05) is 17.6 Å². The van der Waals surface area contributed by atoms with Gasteiger partial charge in [0.15, 0.2) is 5.16 Å². The number of hydrogen-bond donors (Lipinski definition) is 1. The van der Waals surface area contributed by atoms with E-state index in [9.17, 15) is 4.79 Å². The maximum Gasteiger partial charge on any atom is 0.250 e. The molecule has 0 aliphatic heterocycles. The minimum atomic E-state index is -0.192. The van der Waals surface area contributed by atoms with E-state index in [1.165, 1.54) is 11.8 Å². The van der Waals surface area contributed by atoms with Gasteiger partial charge in [0.25, 0.3) is 5.91 Å². The van der Waals surface area contributed by atoms with E-state index in [0.29, 0.717) is 5.16 Å². The summed E-state index contributed by atoms with van der Waals surface area (Å²) >= 11 is 1.29. The average Bonchev–Trinajstić information content (AvgIpc) is 2.53. The summed E-state index contributed by atoms with van der Waals surface area (Å²) in [6.07, 6.45) is 5.23. The van der Waals surface area contributed by atoms with E-state index < -0.39 is 0 Å². The van der Waals surface area contributed by atoms with Crippen molar-refractivity contribution in [2.45, 2.75) is 19.0 Å². The molecule has 0 aliphatic rings. The second-order valence-corrected chi connectivity index (χ2v) is 5.75. The molecular formula is C17H18N4OS. The van der Waals surface area contributed by atoms with Gasteiger partial charge in [-0.05, 0) is 31.6 Å². The fourth-order valence-corrected chi connectivity index (χ4v) is 2.53. The smallest absolute Gasteiger partial charge is 0.250 e. The van der Waals surface area contributed by atoms with Crippen molar-refractivity contribution >= 4 is 30.0 Å². The summed E-state index contributed by atoms with van der Waals surface area (Å²) in [4.78, 5) is 20.2. The van der Waals surface area contributed by atoms with E-state index in [1.54, 1.807) is 12.3 Å². The van der Waals surface area contributed by atoms with Crippen molar-refractivity contribution < 1.29 is 4.79 Å². The minimum absolute atomic E-state index is 0.192. The Morgan fingerprint density at radius 3 is 2.61 bits per heavy atom. The number of hydrazone groups is 1. The number of nitrogens with one attached hydrogen (secondary N) is 1. The highest BCUT2D eigenvalue weighted by Crippen LogP contribution is 2.13. The zero-order valence-electron chi connectivity index (χ0n) is 13.1. The van der Waals surface area contributed by atoms with Gasteiger partial charge in [-0.1, -0.05) is 48.2 Å². The number of amides is 1. The molecule has 0 spiro atoms. The van der Waals surface area contributed by atoms with Gasteiger partial charge in [-0.25, -0.2) is 15.4 Å². The third-order valence-electron chi connectivity index (χ3n) is 2.73. The van der Waals surface area contributed by atoms with Crippen LogP contribution in [-0.4, -0.2) is 27.8 Å². The maximum atomic E-state index is 11.7. The fourth-order valence-electron chi connectivity index (χ4n) is 1.79. The normalized spacial score (nSPS) is 11.2. The lowest BCUT2D eigenvalue weighted by atomic mass is 10.2. The number of allylic oxidation sites excluding steroid dienone is 1. The number of benzene rings is 1. The highest BCUT2D eigenvalue weighted by Gasteiger charge is 2.04. The standard InChI is InChI=1S/C17H18N4OS/c1-13-11-14(2)20-17(19-13)23-12-16(22)21-18-10-6-9-15-7-4-3-5-8-15/h3-11H,12H2,1-2H3,(H,21,22)/b9-6+,18-10-. The van der Waals surface area contributed by atoms with Gasteiger partial charge in [-0.3, -0.25) is 4.79 Å². The number of thioether (sulfide) groups is 1. The van der Waals surface area contributed by atoms with Crippen molar-refractivity contribution in [1.82, 2.24) is 15.4 Å². The summed E-state index contributed by atoms with van der Waals surface area (Å²) < 4.78 is 0. The Labute approximate surface area is 139 Å². The predicted molar refractivity (Wildman–Crippen MR) is 94.3 cm³/mol. The van der Waals surface area contributed by atoms with Crippen LogP contribution in [0.1, 0.15) is 17.0 Å². The van der Waals surface area contributed by atoms with E-state index in [0.717, 1.165) is 17.0 Å². The second-order valence-electron chi connectivity index (χ2n) is 4.80. The van der Waals surface area contributed by atoms with E-state index in [2.05, 4.69) is 20.5 Å². The summed E-state index contributed by atoms with van der Waals surface area (Å²) in [6.45, 7) is 3.81. The largest absolute Gasteiger partial charge is 0.272 e. The Morgan fingerprint density at radius 1 is 1.22 bits per heavy atom. The summed E-state index contributed by atoms with van der Waals surface area (Å²) in [6, 6.07) is 11.8. The van der Waals surface area contributed by atoms with E-state index in [1.807, 2.05) is 56.3 Å². The van der Waals surface area contributed by atoms with Crippen LogP contribution in [0.3, 0.4) is 0 Å². The highest BCUT2D eigenvalue weighted by atomic mass is 32.2. The Balaban J connectivity index is 1.74. The molecule has 0 unspecified atom stereocenters. The van der Waals surface area contributed by atoms with Crippen LogP contribution in [0.2, 0.25) is 0 Å². The summed E-state index contributed by atoms with van der Waals surface area (Å²) in [5.41, 5.74) is 5.33. The van der Waals surface area contributed by atoms with Gasteiger partial charge in [0.1, 0.15) is 0 Å². The van der Waals surface area contributed by atoms with Crippen LogP contribution >= 0.6 is 11.8 Å². The van der Waals surface area contributed by atoms with Crippen LogP contribution in [0.15, 0.2) is 52.7 Å². The highest BCUT2D eigenvalue weighted by molar-refractivity contribution is 7.99. The quantitative estimate of drug-likeness (QED) is 0.383. The number of carbonyl (C=O) groups is 1. The molecule has 2 aromatic rings. The Bertz CT molecular complexity index is 694. The molecule has 6 heteroatoms. The summed E-state index contributed by atoms with van der Waals surface area (Å²) in [7, 11) is 0. The zero-order chi connectivity index (χ0) is 16.5. The minimum Gasteiger partial charge on any atom is -0.272 e. The van der Waals surface area contributed by atoms with Crippen LogP contribution in [0.25, 0.3) is 6.08 Å². The van der Waals surface area contributed by atoms with Crippen molar-refractivity contribution in [2.75, 3.05) is 5.75 Å². The molecule has 5 nitrogen and oxygen atoms in total. The number of carbonyl (C=O) groups excluding carboxylic acids is 1. The summed E-state index contributed by atoms with van der Waals surface area (Å²) in [5, 5.41) is 4.47. The van der Waals surface area contributed by atoms with Crippen LogP contribution < -0.4 is 5.43 Å². The molecule has 0 fully saturated rings. The molecule has 0 saturated heterocycles. The molecule has 23 heavy (non-hydrogen) atoms. The number of aromatic nitrogens is 2. The van der Waals surface area contributed by atoms with Gasteiger partial charge < -0.3 is 0 Å². The Morgan fingerprint density at radius 2 is 1.91 bits per heavy atom. The first-order valence-corrected chi connectivity index (χ1v) is 8.11. The number of rotatable bonds is 6. The van der Waals surface area contributed by atoms with Gasteiger partial charge >= 0.3 is 0 Å². The van der Waals surface area contributed by atoms with Crippen molar-refractivity contribution in [2.24, 2.45) is 5.10 Å². The van der Waals surface area contributed by atoms with Crippen molar-refractivity contribution in [1.29, 1.82) is 0 Å². The lowest BCUT2D eigenvalue weighted by molar-refractivity contribution is -0.118. The van der Waals surface area contributed by atoms with Crippen molar-refractivity contribution in [3.63, 3.8) is 0 Å². The molecule has 0 radical (unpaired) electrons. The fraction of sp³-hybridized carbons (Fsp3) is 0.176. The molecule has 0 saturated carbocycles. The SMILES string of the molecule is Cc1cc(C)nc(SCC(=O)N/N=C\C=C\c2ccccc2)n1. The summed E-state index contributed by atoms with van der Waals surface area (Å²) in [5.74, 6) is 0.0324. The van der Waals surface area contributed by atoms with Gasteiger partial charge in [0.05, 0.1) is 5.75 Å². The molecule has 1 heterocycles. The maximum absolute atomic E-state index is 11.7. The molecule has 1 aromatic heterocycles. The first kappa shape index (κ1) is 16.9. The van der Waals surface area contributed by atoms with Crippen molar-refractivity contribution in [3.8, 4) is 0 Å². The predicted octanol–water partition coefficient (Wildman–Crippen LogP) is 3.00. The van der Waals surface area contributed by atoms with Crippen LogP contribution in [0, 0.1) is 13.8 Å². The van der Waals surface area contributed by atoms with Gasteiger partial charge in [0.2, 0.25) is 0 Å². The van der Waals surface area contributed by atoms with Crippen molar-refractivity contribution in [3.05, 3.63) is 59.4 Å². The molecule has 2 rings (SSSR count). The average molecular weight is 326 g/mol. The first-order chi connectivity index (χ1) is 11.1. The molecule has 0 bridgehead atoms. The third-order valence-corrected chi connectivity index (χ3v) is 3.58. The van der Waals surface area contributed by atoms with E-state index >= 15 is 0 Å². The van der Waals surface area contributed by atoms with Crippen LogP contribution in [-0.2, 0) is 4.79 Å². The van der Waals surface area contributed by atoms with Crippen LogP contribution in [0.4, 0.5) is 0 Å².